The van der Waals surface area contributed by atoms with Crippen LogP contribution in [0.3, 0.4) is 0 Å². The lowest BCUT2D eigenvalue weighted by molar-refractivity contribution is -0.133. The number of carbonyl (C=O) groups excluding carboxylic acids is 1. The molecule has 4 heteroatoms. The molecule has 1 aliphatic rings. The summed E-state index contributed by atoms with van der Waals surface area (Å²) in [6.45, 7) is 9.19. The summed E-state index contributed by atoms with van der Waals surface area (Å²) in [5.74, 6) is 0.232. The lowest BCUT2D eigenvalue weighted by Crippen LogP contribution is -2.45. The zero-order chi connectivity index (χ0) is 15.1. The molecule has 1 heterocycles. The van der Waals surface area contributed by atoms with Crippen molar-refractivity contribution in [2.75, 3.05) is 32.7 Å². The molecule has 1 fully saturated rings. The Morgan fingerprint density at radius 1 is 1.24 bits per heavy atom. The third-order valence-electron chi connectivity index (χ3n) is 4.25. The van der Waals surface area contributed by atoms with Gasteiger partial charge >= 0.3 is 0 Å². The van der Waals surface area contributed by atoms with Gasteiger partial charge in [0.25, 0.3) is 0 Å². The molecule has 1 saturated heterocycles. The Morgan fingerprint density at radius 3 is 2.57 bits per heavy atom. The number of benzene rings is 1. The quantitative estimate of drug-likeness (QED) is 0.830. The number of hydrogen-bond donors (Lipinski definition) is 1. The van der Waals surface area contributed by atoms with Gasteiger partial charge in [-0.15, -0.1) is 0 Å². The number of nitrogens with zero attached hydrogens (tertiary/aromatic N) is 2. The van der Waals surface area contributed by atoms with Gasteiger partial charge in [-0.25, -0.2) is 0 Å². The van der Waals surface area contributed by atoms with Gasteiger partial charge in [0.1, 0.15) is 0 Å². The van der Waals surface area contributed by atoms with E-state index in [0.717, 1.165) is 32.6 Å². The molecule has 1 N–H and O–H groups in total. The molecule has 1 amide bonds. The Hall–Kier alpha value is -1.39. The van der Waals surface area contributed by atoms with Crippen LogP contribution in [-0.2, 0) is 11.3 Å². The van der Waals surface area contributed by atoms with Gasteiger partial charge in [-0.05, 0) is 32.0 Å². The first-order valence-electron chi connectivity index (χ1n) is 8.01. The van der Waals surface area contributed by atoms with Crippen molar-refractivity contribution in [1.29, 1.82) is 0 Å². The molecule has 1 aliphatic heterocycles. The number of rotatable bonds is 7. The molecule has 0 aliphatic carbocycles. The van der Waals surface area contributed by atoms with E-state index >= 15 is 0 Å². The van der Waals surface area contributed by atoms with Crippen molar-refractivity contribution >= 4 is 5.91 Å². The molecule has 4 nitrogen and oxygen atoms in total. The summed E-state index contributed by atoms with van der Waals surface area (Å²) < 4.78 is 0. The second-order valence-corrected chi connectivity index (χ2v) is 5.60. The zero-order valence-corrected chi connectivity index (χ0v) is 13.2. The highest BCUT2D eigenvalue weighted by molar-refractivity contribution is 5.78. The molecule has 1 aromatic rings. The molecule has 0 radical (unpaired) electrons. The van der Waals surface area contributed by atoms with E-state index in [2.05, 4.69) is 29.3 Å². The molecular weight excluding hydrogens is 262 g/mol. The average Bonchev–Trinajstić information content (AvgIpc) is 3.05. The van der Waals surface area contributed by atoms with Crippen molar-refractivity contribution in [1.82, 2.24) is 15.1 Å². The predicted molar refractivity (Wildman–Crippen MR) is 86.1 cm³/mol. The van der Waals surface area contributed by atoms with Gasteiger partial charge in [0.05, 0.1) is 6.54 Å². The van der Waals surface area contributed by atoms with Crippen LogP contribution in [-0.4, -0.2) is 54.5 Å². The molecule has 1 aromatic carbocycles. The minimum absolute atomic E-state index is 0.232. The minimum atomic E-state index is 0.232. The van der Waals surface area contributed by atoms with Crippen molar-refractivity contribution in [2.24, 2.45) is 0 Å². The Bertz CT molecular complexity index is 429. The van der Waals surface area contributed by atoms with Crippen molar-refractivity contribution in [2.45, 2.75) is 32.9 Å². The summed E-state index contributed by atoms with van der Waals surface area (Å²) in [6, 6.07) is 10.7. The first kappa shape index (κ1) is 16.0. The summed E-state index contributed by atoms with van der Waals surface area (Å²) in [6.07, 6.45) is 1.14. The maximum Gasteiger partial charge on any atom is 0.237 e. The number of carbonyl (C=O) groups is 1. The molecule has 0 bridgehead atoms. The van der Waals surface area contributed by atoms with E-state index in [0.29, 0.717) is 19.1 Å². The van der Waals surface area contributed by atoms with Crippen molar-refractivity contribution in [3.63, 3.8) is 0 Å². The first-order valence-corrected chi connectivity index (χ1v) is 8.01. The Morgan fingerprint density at radius 2 is 2.00 bits per heavy atom. The molecular formula is C17H27N3O. The molecule has 1 unspecified atom stereocenters. The van der Waals surface area contributed by atoms with Gasteiger partial charge in [-0.1, -0.05) is 37.3 Å². The fourth-order valence-corrected chi connectivity index (χ4v) is 2.90. The van der Waals surface area contributed by atoms with Gasteiger partial charge in [-0.3, -0.25) is 9.69 Å². The maximum absolute atomic E-state index is 12.6. The normalized spacial score (nSPS) is 18.1. The summed E-state index contributed by atoms with van der Waals surface area (Å²) in [5.41, 5.74) is 1.19. The second-order valence-electron chi connectivity index (χ2n) is 5.60. The van der Waals surface area contributed by atoms with Crippen molar-refractivity contribution in [3.8, 4) is 0 Å². The summed E-state index contributed by atoms with van der Waals surface area (Å²) >= 11 is 0. The Balaban J connectivity index is 1.92. The largest absolute Gasteiger partial charge is 0.338 e. The van der Waals surface area contributed by atoms with E-state index in [1.165, 1.54) is 5.56 Å². The van der Waals surface area contributed by atoms with Gasteiger partial charge in [0, 0.05) is 25.7 Å². The minimum Gasteiger partial charge on any atom is -0.338 e. The van der Waals surface area contributed by atoms with Crippen LogP contribution >= 0.6 is 0 Å². The van der Waals surface area contributed by atoms with Gasteiger partial charge in [-0.2, -0.15) is 0 Å². The van der Waals surface area contributed by atoms with Gasteiger partial charge in [0.15, 0.2) is 0 Å². The van der Waals surface area contributed by atoms with Crippen LogP contribution in [0.15, 0.2) is 30.3 Å². The molecule has 2 rings (SSSR count). The summed E-state index contributed by atoms with van der Waals surface area (Å²) in [4.78, 5) is 16.8. The fourth-order valence-electron chi connectivity index (χ4n) is 2.90. The lowest BCUT2D eigenvalue weighted by Gasteiger charge is -2.29. The molecule has 1 atom stereocenters. The number of amides is 1. The third-order valence-corrected chi connectivity index (χ3v) is 4.25. The summed E-state index contributed by atoms with van der Waals surface area (Å²) in [7, 11) is 0. The zero-order valence-electron chi connectivity index (χ0n) is 13.2. The van der Waals surface area contributed by atoms with Crippen LogP contribution in [0.1, 0.15) is 25.8 Å². The fraction of sp³-hybridized carbons (Fsp3) is 0.588. The van der Waals surface area contributed by atoms with Crippen LogP contribution < -0.4 is 5.32 Å². The molecule has 116 valence electrons. The van der Waals surface area contributed by atoms with E-state index in [4.69, 9.17) is 0 Å². The molecule has 21 heavy (non-hydrogen) atoms. The summed E-state index contributed by atoms with van der Waals surface area (Å²) in [5, 5.41) is 3.38. The Kier molecular flexibility index (Phi) is 6.21. The van der Waals surface area contributed by atoms with E-state index in [1.807, 2.05) is 30.0 Å². The maximum atomic E-state index is 12.6. The Labute approximate surface area is 128 Å². The van der Waals surface area contributed by atoms with Gasteiger partial charge < -0.3 is 10.2 Å². The van der Waals surface area contributed by atoms with E-state index < -0.39 is 0 Å². The van der Waals surface area contributed by atoms with Crippen LogP contribution in [0.5, 0.6) is 0 Å². The number of nitrogens with one attached hydrogen (secondary N) is 1. The highest BCUT2D eigenvalue weighted by Crippen LogP contribution is 2.10. The third kappa shape index (κ3) is 4.55. The highest BCUT2D eigenvalue weighted by Gasteiger charge is 2.24. The SMILES string of the molecule is CCN(Cc1ccccc1)C(=O)CN(CC)C1CCNC1. The van der Waals surface area contributed by atoms with Crippen LogP contribution in [0, 0.1) is 0 Å². The monoisotopic (exact) mass is 289 g/mol. The highest BCUT2D eigenvalue weighted by atomic mass is 16.2. The van der Waals surface area contributed by atoms with Crippen molar-refractivity contribution in [3.05, 3.63) is 35.9 Å². The predicted octanol–water partition coefficient (Wildman–Crippen LogP) is 1.72. The van der Waals surface area contributed by atoms with Crippen LogP contribution in [0.2, 0.25) is 0 Å². The topological polar surface area (TPSA) is 35.6 Å². The van der Waals surface area contributed by atoms with Crippen LogP contribution in [0.4, 0.5) is 0 Å². The van der Waals surface area contributed by atoms with E-state index in [-0.39, 0.29) is 5.91 Å². The van der Waals surface area contributed by atoms with E-state index in [1.54, 1.807) is 0 Å². The smallest absolute Gasteiger partial charge is 0.237 e. The number of hydrogen-bond acceptors (Lipinski definition) is 3. The number of likely N-dealkylation sites (N-methyl/N-ethyl adjacent to an activating group) is 2. The van der Waals surface area contributed by atoms with Crippen LogP contribution in [0.25, 0.3) is 0 Å². The molecule has 0 spiro atoms. The lowest BCUT2D eigenvalue weighted by atomic mass is 10.2. The first-order chi connectivity index (χ1) is 10.2. The second kappa shape index (κ2) is 8.15. The standard InChI is InChI=1S/C17H27N3O/c1-3-19(16-10-11-18-12-16)14-17(21)20(4-2)13-15-8-6-5-7-9-15/h5-9,16,18H,3-4,10-14H2,1-2H3. The molecule has 0 aromatic heterocycles. The molecule has 0 saturated carbocycles. The average molecular weight is 289 g/mol. The van der Waals surface area contributed by atoms with E-state index in [9.17, 15) is 4.79 Å². The van der Waals surface area contributed by atoms with Crippen molar-refractivity contribution < 1.29 is 4.79 Å². The van der Waals surface area contributed by atoms with Gasteiger partial charge in [0.2, 0.25) is 5.91 Å².